The highest BCUT2D eigenvalue weighted by Gasteiger charge is 2.35. The average molecular weight is 350 g/mol. The van der Waals surface area contributed by atoms with Gasteiger partial charge in [0.1, 0.15) is 5.75 Å². The van der Waals surface area contributed by atoms with E-state index in [1.807, 2.05) is 36.4 Å². The molecule has 1 aliphatic heterocycles. The average Bonchev–Trinajstić information content (AvgIpc) is 2.79. The molecule has 2 aromatic carbocycles. The van der Waals surface area contributed by atoms with Gasteiger partial charge in [-0.15, -0.1) is 11.8 Å². The molecule has 4 nitrogen and oxygen atoms in total. The van der Waals surface area contributed by atoms with Crippen molar-refractivity contribution in [3.05, 3.63) is 54.1 Å². The van der Waals surface area contributed by atoms with Gasteiger partial charge in [0.05, 0.1) is 22.5 Å². The molecule has 0 spiro atoms. The Labute approximate surface area is 140 Å². The first-order valence-corrected chi connectivity index (χ1v) is 9.95. The molecule has 1 heterocycles. The second-order valence-corrected chi connectivity index (χ2v) is 8.61. The molecule has 2 aromatic rings. The number of fused-ring (bicyclic) bond motifs is 1. The van der Waals surface area contributed by atoms with Gasteiger partial charge < -0.3 is 9.84 Å². The van der Waals surface area contributed by atoms with Gasteiger partial charge in [0.2, 0.25) is 0 Å². The number of aliphatic hydroxyl groups is 1. The SMILES string of the molecule is O=S1(=O)CC(Sc2ccccc2)c2cc(OCCCO)ccc21. The Kier molecular flexibility index (Phi) is 4.94. The molecule has 0 bridgehead atoms. The standard InChI is InChI=1S/C17H18O4S2/c18-9-4-10-21-13-7-8-17-15(11-13)16(12-23(17,19)20)22-14-5-2-1-3-6-14/h1-3,5-8,11,16,18H,4,9-10,12H2. The van der Waals surface area contributed by atoms with Gasteiger partial charge in [-0.05, 0) is 35.9 Å². The number of aliphatic hydroxyl groups excluding tert-OH is 1. The maximum Gasteiger partial charge on any atom is 0.180 e. The lowest BCUT2D eigenvalue weighted by Gasteiger charge is -2.11. The third kappa shape index (κ3) is 3.71. The van der Waals surface area contributed by atoms with Crippen LogP contribution in [0, 0.1) is 0 Å². The normalized spacial score (nSPS) is 18.6. The second kappa shape index (κ2) is 6.95. The van der Waals surface area contributed by atoms with Crippen molar-refractivity contribution < 1.29 is 18.3 Å². The van der Waals surface area contributed by atoms with Gasteiger partial charge in [-0.1, -0.05) is 18.2 Å². The fraction of sp³-hybridized carbons (Fsp3) is 0.294. The van der Waals surface area contributed by atoms with E-state index in [-0.39, 0.29) is 17.6 Å². The molecule has 0 aromatic heterocycles. The quantitative estimate of drug-likeness (QED) is 0.811. The summed E-state index contributed by atoms with van der Waals surface area (Å²) in [5.74, 6) is 0.759. The van der Waals surface area contributed by atoms with Crippen molar-refractivity contribution in [3.63, 3.8) is 0 Å². The van der Waals surface area contributed by atoms with E-state index in [9.17, 15) is 8.42 Å². The van der Waals surface area contributed by atoms with Crippen LogP contribution in [0.5, 0.6) is 5.75 Å². The predicted octanol–water partition coefficient (Wildman–Crippen LogP) is 3.07. The van der Waals surface area contributed by atoms with E-state index >= 15 is 0 Å². The molecule has 0 saturated carbocycles. The second-order valence-electron chi connectivity index (χ2n) is 5.33. The predicted molar refractivity (Wildman–Crippen MR) is 90.7 cm³/mol. The Hall–Kier alpha value is -1.50. The number of thioether (sulfide) groups is 1. The summed E-state index contributed by atoms with van der Waals surface area (Å²) in [6, 6.07) is 14.9. The Balaban J connectivity index is 1.86. The molecule has 0 saturated heterocycles. The number of benzene rings is 2. The van der Waals surface area contributed by atoms with Gasteiger partial charge in [-0.3, -0.25) is 0 Å². The monoisotopic (exact) mass is 350 g/mol. The first kappa shape index (κ1) is 16.4. The lowest BCUT2D eigenvalue weighted by atomic mass is 10.1. The summed E-state index contributed by atoms with van der Waals surface area (Å²) in [4.78, 5) is 1.45. The maximum atomic E-state index is 12.3. The lowest BCUT2D eigenvalue weighted by molar-refractivity contribution is 0.233. The first-order valence-electron chi connectivity index (χ1n) is 7.42. The minimum absolute atomic E-state index is 0.0752. The van der Waals surface area contributed by atoms with E-state index in [1.54, 1.807) is 23.9 Å². The van der Waals surface area contributed by atoms with Gasteiger partial charge in [-0.25, -0.2) is 8.42 Å². The summed E-state index contributed by atoms with van der Waals surface area (Å²) in [5, 5.41) is 8.69. The number of hydrogen-bond donors (Lipinski definition) is 1. The van der Waals surface area contributed by atoms with Crippen LogP contribution in [0.1, 0.15) is 17.2 Å². The van der Waals surface area contributed by atoms with Gasteiger partial charge in [0.15, 0.2) is 9.84 Å². The number of hydrogen-bond acceptors (Lipinski definition) is 5. The summed E-state index contributed by atoms with van der Waals surface area (Å²) in [5.41, 5.74) is 0.806. The summed E-state index contributed by atoms with van der Waals surface area (Å²) in [6.07, 6.45) is 0.553. The van der Waals surface area contributed by atoms with Crippen LogP contribution in [0.2, 0.25) is 0 Å². The molecule has 0 amide bonds. The largest absolute Gasteiger partial charge is 0.493 e. The topological polar surface area (TPSA) is 63.6 Å². The van der Waals surface area contributed by atoms with Crippen LogP contribution in [0.3, 0.4) is 0 Å². The highest BCUT2D eigenvalue weighted by molar-refractivity contribution is 8.01. The Morgan fingerprint density at radius 2 is 1.96 bits per heavy atom. The molecule has 1 N–H and O–H groups in total. The molecule has 23 heavy (non-hydrogen) atoms. The summed E-state index contributed by atoms with van der Waals surface area (Å²) in [7, 11) is -3.23. The maximum absolute atomic E-state index is 12.3. The minimum atomic E-state index is -3.23. The van der Waals surface area contributed by atoms with Crippen LogP contribution in [0.15, 0.2) is 58.3 Å². The molecule has 1 aliphatic rings. The van der Waals surface area contributed by atoms with Crippen molar-refractivity contribution in [1.29, 1.82) is 0 Å². The third-order valence-corrected chi connectivity index (χ3v) is 6.90. The summed E-state index contributed by atoms with van der Waals surface area (Å²) in [6.45, 7) is 0.490. The fourth-order valence-corrected chi connectivity index (χ4v) is 5.99. The number of ether oxygens (including phenoxy) is 1. The van der Waals surface area contributed by atoms with Crippen LogP contribution < -0.4 is 4.74 Å². The highest BCUT2D eigenvalue weighted by atomic mass is 32.2. The first-order chi connectivity index (χ1) is 11.1. The highest BCUT2D eigenvalue weighted by Crippen LogP contribution is 2.46. The summed E-state index contributed by atoms with van der Waals surface area (Å²) >= 11 is 1.56. The van der Waals surface area contributed by atoms with Crippen LogP contribution in [0.4, 0.5) is 0 Å². The minimum Gasteiger partial charge on any atom is -0.493 e. The van der Waals surface area contributed by atoms with Crippen molar-refractivity contribution >= 4 is 21.6 Å². The molecule has 1 unspecified atom stereocenters. The van der Waals surface area contributed by atoms with Gasteiger partial charge in [0, 0.05) is 17.9 Å². The molecule has 0 fully saturated rings. The van der Waals surface area contributed by atoms with E-state index in [2.05, 4.69) is 0 Å². The molecule has 1 atom stereocenters. The lowest BCUT2D eigenvalue weighted by Crippen LogP contribution is -2.01. The van der Waals surface area contributed by atoms with Crippen molar-refractivity contribution in [1.82, 2.24) is 0 Å². The smallest absolute Gasteiger partial charge is 0.180 e. The Morgan fingerprint density at radius 3 is 2.70 bits per heavy atom. The zero-order valence-electron chi connectivity index (χ0n) is 12.5. The molecule has 3 rings (SSSR count). The Bertz CT molecular complexity index is 772. The molecule has 122 valence electrons. The van der Waals surface area contributed by atoms with Crippen LogP contribution >= 0.6 is 11.8 Å². The molecule has 6 heteroatoms. The molecular formula is C17H18O4S2. The van der Waals surface area contributed by atoms with Crippen molar-refractivity contribution in [2.24, 2.45) is 0 Å². The van der Waals surface area contributed by atoms with Gasteiger partial charge in [0.25, 0.3) is 0 Å². The van der Waals surface area contributed by atoms with Crippen molar-refractivity contribution in [2.75, 3.05) is 19.0 Å². The van der Waals surface area contributed by atoms with Crippen molar-refractivity contribution in [2.45, 2.75) is 21.5 Å². The third-order valence-electron chi connectivity index (χ3n) is 3.63. The van der Waals surface area contributed by atoms with Gasteiger partial charge in [-0.2, -0.15) is 0 Å². The van der Waals surface area contributed by atoms with E-state index in [0.29, 0.717) is 23.7 Å². The van der Waals surface area contributed by atoms with Crippen LogP contribution in [-0.2, 0) is 9.84 Å². The Morgan fingerprint density at radius 1 is 1.17 bits per heavy atom. The zero-order valence-corrected chi connectivity index (χ0v) is 14.1. The molecule has 0 radical (unpaired) electrons. The number of rotatable bonds is 6. The van der Waals surface area contributed by atoms with E-state index in [0.717, 1.165) is 10.5 Å². The van der Waals surface area contributed by atoms with E-state index in [4.69, 9.17) is 9.84 Å². The molecular weight excluding hydrogens is 332 g/mol. The van der Waals surface area contributed by atoms with Gasteiger partial charge >= 0.3 is 0 Å². The number of sulfone groups is 1. The zero-order chi connectivity index (χ0) is 16.3. The van der Waals surface area contributed by atoms with E-state index in [1.165, 1.54) is 0 Å². The van der Waals surface area contributed by atoms with Crippen LogP contribution in [-0.4, -0.2) is 32.5 Å². The van der Waals surface area contributed by atoms with Crippen LogP contribution in [0.25, 0.3) is 0 Å². The van der Waals surface area contributed by atoms with E-state index < -0.39 is 9.84 Å². The summed E-state index contributed by atoms with van der Waals surface area (Å²) < 4.78 is 30.3. The molecule has 0 aliphatic carbocycles. The van der Waals surface area contributed by atoms with Crippen molar-refractivity contribution in [3.8, 4) is 5.75 Å². The fourth-order valence-electron chi connectivity index (χ4n) is 2.55.